The van der Waals surface area contributed by atoms with Crippen molar-refractivity contribution in [3.63, 3.8) is 0 Å². The number of benzene rings is 1. The molecule has 0 spiro atoms. The van der Waals surface area contributed by atoms with Crippen LogP contribution in [-0.2, 0) is 4.74 Å². The smallest absolute Gasteiger partial charge is 0.338 e. The molecule has 1 N–H and O–H groups in total. The van der Waals surface area contributed by atoms with Crippen LogP contribution in [0.15, 0.2) is 24.3 Å². The SMILES string of the molecule is CCCCCNc1ccc(C(=O)OCCC(C)C)cc1. The van der Waals surface area contributed by atoms with Crippen LogP contribution < -0.4 is 5.32 Å². The van der Waals surface area contributed by atoms with E-state index >= 15 is 0 Å². The van der Waals surface area contributed by atoms with Gasteiger partial charge in [0, 0.05) is 12.2 Å². The Kier molecular flexibility index (Phi) is 7.78. The Morgan fingerprint density at radius 3 is 2.50 bits per heavy atom. The maximum atomic E-state index is 11.8. The number of rotatable bonds is 9. The summed E-state index contributed by atoms with van der Waals surface area (Å²) in [7, 11) is 0. The van der Waals surface area contributed by atoms with Gasteiger partial charge in [-0.3, -0.25) is 0 Å². The third-order valence-corrected chi connectivity index (χ3v) is 3.16. The van der Waals surface area contributed by atoms with Crippen molar-refractivity contribution in [3.8, 4) is 0 Å². The largest absolute Gasteiger partial charge is 0.462 e. The van der Waals surface area contributed by atoms with E-state index in [9.17, 15) is 4.79 Å². The average molecular weight is 277 g/mol. The molecular weight excluding hydrogens is 250 g/mol. The summed E-state index contributed by atoms with van der Waals surface area (Å²) in [5.41, 5.74) is 1.67. The summed E-state index contributed by atoms with van der Waals surface area (Å²) < 4.78 is 5.23. The lowest BCUT2D eigenvalue weighted by atomic mass is 10.1. The van der Waals surface area contributed by atoms with E-state index in [0.717, 1.165) is 18.7 Å². The first kappa shape index (κ1) is 16.5. The zero-order chi connectivity index (χ0) is 14.8. The van der Waals surface area contributed by atoms with Gasteiger partial charge in [-0.1, -0.05) is 33.6 Å². The van der Waals surface area contributed by atoms with E-state index in [2.05, 4.69) is 26.1 Å². The van der Waals surface area contributed by atoms with E-state index in [4.69, 9.17) is 4.74 Å². The molecule has 3 heteroatoms. The van der Waals surface area contributed by atoms with Crippen molar-refractivity contribution in [1.82, 2.24) is 0 Å². The third kappa shape index (κ3) is 6.60. The second-order valence-corrected chi connectivity index (χ2v) is 5.53. The van der Waals surface area contributed by atoms with Gasteiger partial charge in [0.15, 0.2) is 0 Å². The second kappa shape index (κ2) is 9.40. The molecular formula is C17H27NO2. The molecule has 0 fully saturated rings. The molecule has 1 aromatic rings. The number of hydrogen-bond donors (Lipinski definition) is 1. The van der Waals surface area contributed by atoms with Crippen LogP contribution in [0.25, 0.3) is 0 Å². The van der Waals surface area contributed by atoms with Crippen LogP contribution in [0, 0.1) is 5.92 Å². The van der Waals surface area contributed by atoms with E-state index in [0.29, 0.717) is 18.1 Å². The Hall–Kier alpha value is -1.51. The van der Waals surface area contributed by atoms with Gasteiger partial charge in [-0.25, -0.2) is 4.79 Å². The first-order valence-electron chi connectivity index (χ1n) is 7.64. The van der Waals surface area contributed by atoms with Crippen LogP contribution in [0.5, 0.6) is 0 Å². The summed E-state index contributed by atoms with van der Waals surface area (Å²) >= 11 is 0. The van der Waals surface area contributed by atoms with Gasteiger partial charge >= 0.3 is 5.97 Å². The number of anilines is 1. The highest BCUT2D eigenvalue weighted by molar-refractivity contribution is 5.89. The topological polar surface area (TPSA) is 38.3 Å². The Labute approximate surface area is 122 Å². The van der Waals surface area contributed by atoms with Gasteiger partial charge in [-0.05, 0) is 43.0 Å². The second-order valence-electron chi connectivity index (χ2n) is 5.53. The van der Waals surface area contributed by atoms with Crippen molar-refractivity contribution < 1.29 is 9.53 Å². The van der Waals surface area contributed by atoms with E-state index in [1.165, 1.54) is 19.3 Å². The number of hydrogen-bond acceptors (Lipinski definition) is 3. The van der Waals surface area contributed by atoms with Crippen molar-refractivity contribution in [2.75, 3.05) is 18.5 Å². The van der Waals surface area contributed by atoms with Crippen molar-refractivity contribution >= 4 is 11.7 Å². The van der Waals surface area contributed by atoms with Gasteiger partial charge in [-0.15, -0.1) is 0 Å². The summed E-state index contributed by atoms with van der Waals surface area (Å²) in [6, 6.07) is 7.51. The molecule has 0 aliphatic heterocycles. The first-order valence-corrected chi connectivity index (χ1v) is 7.64. The van der Waals surface area contributed by atoms with Crippen molar-refractivity contribution in [2.45, 2.75) is 46.5 Å². The Bertz CT molecular complexity index is 384. The highest BCUT2D eigenvalue weighted by atomic mass is 16.5. The highest BCUT2D eigenvalue weighted by Crippen LogP contribution is 2.11. The van der Waals surface area contributed by atoms with Gasteiger partial charge in [0.05, 0.1) is 12.2 Å². The fraction of sp³-hybridized carbons (Fsp3) is 0.588. The zero-order valence-electron chi connectivity index (χ0n) is 12.9. The lowest BCUT2D eigenvalue weighted by Crippen LogP contribution is -2.08. The van der Waals surface area contributed by atoms with Crippen LogP contribution in [-0.4, -0.2) is 19.1 Å². The maximum absolute atomic E-state index is 11.8. The molecule has 0 aromatic heterocycles. The lowest BCUT2D eigenvalue weighted by molar-refractivity contribution is 0.0488. The van der Waals surface area contributed by atoms with Gasteiger partial charge in [0.25, 0.3) is 0 Å². The number of unbranched alkanes of at least 4 members (excludes halogenated alkanes) is 2. The number of carbonyl (C=O) groups is 1. The van der Waals surface area contributed by atoms with E-state index in [-0.39, 0.29) is 5.97 Å². The molecule has 20 heavy (non-hydrogen) atoms. The molecule has 3 nitrogen and oxygen atoms in total. The van der Waals surface area contributed by atoms with Gasteiger partial charge in [-0.2, -0.15) is 0 Å². The molecule has 0 unspecified atom stereocenters. The molecule has 112 valence electrons. The molecule has 1 rings (SSSR count). The maximum Gasteiger partial charge on any atom is 0.338 e. The quantitative estimate of drug-likeness (QED) is 0.534. The predicted octanol–water partition coefficient (Wildman–Crippen LogP) is 4.49. The zero-order valence-corrected chi connectivity index (χ0v) is 12.9. The Morgan fingerprint density at radius 2 is 1.90 bits per heavy atom. The van der Waals surface area contributed by atoms with Crippen LogP contribution in [0.2, 0.25) is 0 Å². The lowest BCUT2D eigenvalue weighted by Gasteiger charge is -2.08. The monoisotopic (exact) mass is 277 g/mol. The van der Waals surface area contributed by atoms with Crippen LogP contribution >= 0.6 is 0 Å². The molecule has 0 saturated carbocycles. The summed E-state index contributed by atoms with van der Waals surface area (Å²) in [5, 5.41) is 3.35. The van der Waals surface area contributed by atoms with Crippen LogP contribution in [0.4, 0.5) is 5.69 Å². The molecule has 0 amide bonds. The predicted molar refractivity (Wildman–Crippen MR) is 84.2 cm³/mol. The standard InChI is InChI=1S/C17H27NO2/c1-4-5-6-12-18-16-9-7-15(8-10-16)17(19)20-13-11-14(2)3/h7-10,14,18H,4-6,11-13H2,1-3H3. The molecule has 0 saturated heterocycles. The van der Waals surface area contributed by atoms with E-state index < -0.39 is 0 Å². The summed E-state index contributed by atoms with van der Waals surface area (Å²) in [6.07, 6.45) is 4.55. The molecule has 0 aliphatic carbocycles. The van der Waals surface area contributed by atoms with E-state index in [1.54, 1.807) is 0 Å². The third-order valence-electron chi connectivity index (χ3n) is 3.16. The summed E-state index contributed by atoms with van der Waals surface area (Å²) in [4.78, 5) is 11.8. The number of carbonyl (C=O) groups excluding carboxylic acids is 1. The van der Waals surface area contributed by atoms with Crippen molar-refractivity contribution in [2.24, 2.45) is 5.92 Å². The number of ether oxygens (including phenoxy) is 1. The highest BCUT2D eigenvalue weighted by Gasteiger charge is 2.07. The molecule has 0 aliphatic rings. The van der Waals surface area contributed by atoms with Gasteiger partial charge in [0.1, 0.15) is 0 Å². The van der Waals surface area contributed by atoms with E-state index in [1.807, 2.05) is 24.3 Å². The van der Waals surface area contributed by atoms with Gasteiger partial charge < -0.3 is 10.1 Å². The summed E-state index contributed by atoms with van der Waals surface area (Å²) in [6.45, 7) is 7.90. The molecule has 0 radical (unpaired) electrons. The first-order chi connectivity index (χ1) is 9.63. The number of esters is 1. The van der Waals surface area contributed by atoms with Crippen molar-refractivity contribution in [1.29, 1.82) is 0 Å². The minimum atomic E-state index is -0.233. The van der Waals surface area contributed by atoms with Crippen LogP contribution in [0.1, 0.15) is 56.8 Å². The van der Waals surface area contributed by atoms with Crippen molar-refractivity contribution in [3.05, 3.63) is 29.8 Å². The fourth-order valence-corrected chi connectivity index (χ4v) is 1.80. The fourth-order valence-electron chi connectivity index (χ4n) is 1.80. The average Bonchev–Trinajstić information content (AvgIpc) is 2.44. The van der Waals surface area contributed by atoms with Gasteiger partial charge in [0.2, 0.25) is 0 Å². The Balaban J connectivity index is 2.35. The summed E-state index contributed by atoms with van der Waals surface area (Å²) in [5.74, 6) is 0.320. The minimum absolute atomic E-state index is 0.233. The Morgan fingerprint density at radius 1 is 1.20 bits per heavy atom. The van der Waals surface area contributed by atoms with Crippen LogP contribution in [0.3, 0.4) is 0 Å². The molecule has 0 bridgehead atoms. The normalized spacial score (nSPS) is 10.6. The number of nitrogens with one attached hydrogen (secondary N) is 1. The molecule has 0 atom stereocenters. The molecule has 0 heterocycles. The molecule has 1 aromatic carbocycles. The minimum Gasteiger partial charge on any atom is -0.462 e.